The standard InChI is InChI=1S/C24H22N4O4S/c29-23(30)16-22(17-6-2-1-3-7-17)28-33(31,32)21-11-5-9-19(15-21)18-8-4-10-20(14-18)27-24-25-12-13-26-24/h1-15,22,28H,16H2,(H,29,30)(H2,25,26,27)/t22-/m1/s1. The summed E-state index contributed by atoms with van der Waals surface area (Å²) in [5.74, 6) is -0.501. The number of hydrogen-bond donors (Lipinski definition) is 4. The number of carbonyl (C=O) groups is 1. The Hall–Kier alpha value is -3.95. The molecule has 4 rings (SSSR count). The molecule has 0 aliphatic heterocycles. The van der Waals surface area contributed by atoms with Crippen molar-refractivity contribution in [2.45, 2.75) is 17.4 Å². The molecule has 0 aliphatic rings. The maximum atomic E-state index is 13.1. The number of H-pyrrole nitrogens is 1. The highest BCUT2D eigenvalue weighted by molar-refractivity contribution is 7.89. The van der Waals surface area contributed by atoms with Gasteiger partial charge in [-0.25, -0.2) is 18.1 Å². The molecule has 0 radical (unpaired) electrons. The molecule has 0 spiro atoms. The Morgan fingerprint density at radius 3 is 2.39 bits per heavy atom. The van der Waals surface area contributed by atoms with Gasteiger partial charge in [-0.1, -0.05) is 54.6 Å². The Kier molecular flexibility index (Phi) is 6.53. The second-order valence-electron chi connectivity index (χ2n) is 7.35. The number of sulfonamides is 1. The van der Waals surface area contributed by atoms with Crippen LogP contribution in [0.4, 0.5) is 11.6 Å². The summed E-state index contributed by atoms with van der Waals surface area (Å²) in [5, 5.41) is 12.4. The van der Waals surface area contributed by atoms with Crippen LogP contribution in [-0.4, -0.2) is 29.5 Å². The first-order valence-corrected chi connectivity index (χ1v) is 11.6. The first kappa shape index (κ1) is 22.3. The molecular weight excluding hydrogens is 440 g/mol. The number of nitrogens with one attached hydrogen (secondary N) is 3. The Bertz CT molecular complexity index is 1340. The summed E-state index contributed by atoms with van der Waals surface area (Å²) in [5.41, 5.74) is 2.89. The van der Waals surface area contributed by atoms with Crippen molar-refractivity contribution in [3.63, 3.8) is 0 Å². The molecular formula is C24H22N4O4S. The van der Waals surface area contributed by atoms with Crippen LogP contribution in [0.2, 0.25) is 0 Å². The number of hydrogen-bond acceptors (Lipinski definition) is 5. The second kappa shape index (κ2) is 9.68. The lowest BCUT2D eigenvalue weighted by Crippen LogP contribution is -2.30. The van der Waals surface area contributed by atoms with Crippen LogP contribution in [0, 0.1) is 0 Å². The number of benzene rings is 3. The van der Waals surface area contributed by atoms with E-state index in [0.29, 0.717) is 17.1 Å². The summed E-state index contributed by atoms with van der Waals surface area (Å²) in [6.45, 7) is 0. The van der Waals surface area contributed by atoms with Crippen molar-refractivity contribution < 1.29 is 18.3 Å². The molecule has 8 nitrogen and oxygen atoms in total. The van der Waals surface area contributed by atoms with Gasteiger partial charge in [0, 0.05) is 18.1 Å². The number of imidazole rings is 1. The van der Waals surface area contributed by atoms with Crippen molar-refractivity contribution in [3.8, 4) is 11.1 Å². The number of aromatic amines is 1. The van der Waals surface area contributed by atoms with Gasteiger partial charge in [0.2, 0.25) is 16.0 Å². The molecule has 3 aromatic carbocycles. The van der Waals surface area contributed by atoms with E-state index in [1.54, 1.807) is 54.9 Å². The molecule has 0 amide bonds. The van der Waals surface area contributed by atoms with Gasteiger partial charge in [-0.3, -0.25) is 4.79 Å². The SMILES string of the molecule is O=C(O)C[C@@H](NS(=O)(=O)c1cccc(-c2cccc(Nc3ncc[nH]3)c2)c1)c1ccccc1. The van der Waals surface area contributed by atoms with Crippen molar-refractivity contribution in [1.29, 1.82) is 0 Å². The van der Waals surface area contributed by atoms with E-state index in [1.807, 2.05) is 30.3 Å². The molecule has 0 bridgehead atoms. The average molecular weight is 463 g/mol. The van der Waals surface area contributed by atoms with Crippen molar-refractivity contribution >= 4 is 27.6 Å². The van der Waals surface area contributed by atoms with E-state index in [9.17, 15) is 18.3 Å². The molecule has 0 aliphatic carbocycles. The van der Waals surface area contributed by atoms with Crippen LogP contribution in [0.15, 0.2) is 96.2 Å². The number of nitrogens with zero attached hydrogens (tertiary/aromatic N) is 1. The Labute approximate surface area is 191 Å². The van der Waals surface area contributed by atoms with Gasteiger partial charge in [-0.05, 0) is 41.0 Å². The Morgan fingerprint density at radius 2 is 1.70 bits per heavy atom. The molecule has 0 saturated carbocycles. The zero-order chi connectivity index (χ0) is 23.3. The third kappa shape index (κ3) is 5.65. The summed E-state index contributed by atoms with van der Waals surface area (Å²) >= 11 is 0. The van der Waals surface area contributed by atoms with Gasteiger partial charge in [0.15, 0.2) is 0 Å². The highest BCUT2D eigenvalue weighted by Gasteiger charge is 2.24. The van der Waals surface area contributed by atoms with Crippen LogP contribution in [-0.2, 0) is 14.8 Å². The van der Waals surface area contributed by atoms with Gasteiger partial charge in [0.25, 0.3) is 0 Å². The summed E-state index contributed by atoms with van der Waals surface area (Å²) in [6.07, 6.45) is 2.98. The summed E-state index contributed by atoms with van der Waals surface area (Å²) in [7, 11) is -3.98. The van der Waals surface area contributed by atoms with Crippen molar-refractivity contribution in [3.05, 3.63) is 96.8 Å². The van der Waals surface area contributed by atoms with Crippen LogP contribution in [0.1, 0.15) is 18.0 Å². The number of aromatic nitrogens is 2. The van der Waals surface area contributed by atoms with E-state index in [2.05, 4.69) is 20.0 Å². The van der Waals surface area contributed by atoms with E-state index in [1.165, 1.54) is 6.07 Å². The van der Waals surface area contributed by atoms with E-state index >= 15 is 0 Å². The Balaban J connectivity index is 1.60. The highest BCUT2D eigenvalue weighted by atomic mass is 32.2. The first-order valence-electron chi connectivity index (χ1n) is 10.2. The minimum atomic E-state index is -3.98. The maximum Gasteiger partial charge on any atom is 0.305 e. The number of carboxylic acids is 1. The molecule has 1 aromatic heterocycles. The largest absolute Gasteiger partial charge is 0.481 e. The summed E-state index contributed by atoms with van der Waals surface area (Å²) < 4.78 is 28.8. The minimum absolute atomic E-state index is 0.0516. The molecule has 0 saturated heterocycles. The fraction of sp³-hybridized carbons (Fsp3) is 0.0833. The lowest BCUT2D eigenvalue weighted by molar-refractivity contribution is -0.137. The van der Waals surface area contributed by atoms with E-state index in [4.69, 9.17) is 0 Å². The van der Waals surface area contributed by atoms with Gasteiger partial charge < -0.3 is 15.4 Å². The second-order valence-corrected chi connectivity index (χ2v) is 9.07. The molecule has 1 atom stereocenters. The lowest BCUT2D eigenvalue weighted by atomic mass is 10.1. The van der Waals surface area contributed by atoms with Crippen molar-refractivity contribution in [1.82, 2.24) is 14.7 Å². The quantitative estimate of drug-likeness (QED) is 0.294. The van der Waals surface area contributed by atoms with Gasteiger partial charge in [0.05, 0.1) is 17.4 Å². The van der Waals surface area contributed by atoms with E-state index in [0.717, 1.165) is 11.3 Å². The van der Waals surface area contributed by atoms with Crippen LogP contribution in [0.3, 0.4) is 0 Å². The molecule has 0 fully saturated rings. The molecule has 4 N–H and O–H groups in total. The lowest BCUT2D eigenvalue weighted by Gasteiger charge is -2.18. The zero-order valence-electron chi connectivity index (χ0n) is 17.5. The van der Waals surface area contributed by atoms with Gasteiger partial charge in [-0.2, -0.15) is 0 Å². The highest BCUT2D eigenvalue weighted by Crippen LogP contribution is 2.27. The zero-order valence-corrected chi connectivity index (χ0v) is 18.3. The fourth-order valence-electron chi connectivity index (χ4n) is 3.43. The molecule has 33 heavy (non-hydrogen) atoms. The molecule has 168 valence electrons. The maximum absolute atomic E-state index is 13.1. The first-order chi connectivity index (χ1) is 15.9. The predicted octanol–water partition coefficient (Wildman–Crippen LogP) is 4.31. The molecule has 9 heteroatoms. The summed E-state index contributed by atoms with van der Waals surface area (Å²) in [6, 6.07) is 21.8. The van der Waals surface area contributed by atoms with E-state index < -0.39 is 22.0 Å². The van der Waals surface area contributed by atoms with Crippen LogP contribution < -0.4 is 10.0 Å². The summed E-state index contributed by atoms with van der Waals surface area (Å²) in [4.78, 5) is 18.5. The third-order valence-corrected chi connectivity index (χ3v) is 6.45. The number of anilines is 2. The van der Waals surface area contributed by atoms with E-state index in [-0.39, 0.29) is 11.3 Å². The normalized spacial score (nSPS) is 12.2. The number of rotatable bonds is 9. The Morgan fingerprint density at radius 1 is 0.970 bits per heavy atom. The molecule has 1 heterocycles. The predicted molar refractivity (Wildman–Crippen MR) is 126 cm³/mol. The van der Waals surface area contributed by atoms with Gasteiger partial charge in [0.1, 0.15) is 0 Å². The molecule has 0 unspecified atom stereocenters. The monoisotopic (exact) mass is 462 g/mol. The van der Waals surface area contributed by atoms with Crippen LogP contribution in [0.25, 0.3) is 11.1 Å². The fourth-order valence-corrected chi connectivity index (χ4v) is 4.70. The molecule has 4 aromatic rings. The van der Waals surface area contributed by atoms with Crippen molar-refractivity contribution in [2.24, 2.45) is 0 Å². The number of carboxylic acid groups (broad SMARTS) is 1. The average Bonchev–Trinajstić information content (AvgIpc) is 3.32. The van der Waals surface area contributed by atoms with Gasteiger partial charge >= 0.3 is 5.97 Å². The topological polar surface area (TPSA) is 124 Å². The van der Waals surface area contributed by atoms with Crippen LogP contribution in [0.5, 0.6) is 0 Å². The number of aliphatic carboxylic acids is 1. The minimum Gasteiger partial charge on any atom is -0.481 e. The van der Waals surface area contributed by atoms with Crippen molar-refractivity contribution in [2.75, 3.05) is 5.32 Å². The van der Waals surface area contributed by atoms with Crippen LogP contribution >= 0.6 is 0 Å². The smallest absolute Gasteiger partial charge is 0.305 e. The third-order valence-electron chi connectivity index (χ3n) is 4.98. The van der Waals surface area contributed by atoms with Gasteiger partial charge in [-0.15, -0.1) is 0 Å².